The summed E-state index contributed by atoms with van der Waals surface area (Å²) in [6, 6.07) is 3.86. The van der Waals surface area contributed by atoms with Crippen LogP contribution in [-0.2, 0) is 11.3 Å². The van der Waals surface area contributed by atoms with Gasteiger partial charge in [-0.3, -0.25) is 10.1 Å². The Morgan fingerprint density at radius 2 is 1.83 bits per heavy atom. The Labute approximate surface area is 141 Å². The number of quaternary nitrogens is 2. The lowest BCUT2D eigenvalue weighted by Gasteiger charge is -2.29. The van der Waals surface area contributed by atoms with Gasteiger partial charge in [0, 0.05) is 5.54 Å². The lowest BCUT2D eigenvalue weighted by atomic mass is 10.1. The number of amides is 3. The SMILES string of the molecule is CC(C)(C)NC(=O)NC(=O)C[NH+]1CC[NH+](Cc2cccs2)CC1. The average molecular weight is 340 g/mol. The molecule has 0 aliphatic carbocycles. The van der Waals surface area contributed by atoms with E-state index in [1.165, 1.54) is 9.78 Å². The molecule has 1 aromatic heterocycles. The topological polar surface area (TPSA) is 67.1 Å². The van der Waals surface area contributed by atoms with Crippen LogP contribution in [0.2, 0.25) is 0 Å². The molecule has 1 saturated heterocycles. The Hall–Kier alpha value is -1.44. The molecule has 0 saturated carbocycles. The number of hydrogen-bond donors (Lipinski definition) is 4. The molecule has 0 radical (unpaired) electrons. The lowest BCUT2D eigenvalue weighted by molar-refractivity contribution is -1.01. The Balaban J connectivity index is 1.67. The van der Waals surface area contributed by atoms with E-state index in [1.807, 2.05) is 20.8 Å². The van der Waals surface area contributed by atoms with Gasteiger partial charge in [-0.15, -0.1) is 11.3 Å². The summed E-state index contributed by atoms with van der Waals surface area (Å²) in [5, 5.41) is 7.27. The summed E-state index contributed by atoms with van der Waals surface area (Å²) in [4.78, 5) is 27.9. The summed E-state index contributed by atoms with van der Waals surface area (Å²) >= 11 is 1.80. The molecule has 1 aliphatic heterocycles. The predicted molar refractivity (Wildman–Crippen MR) is 90.7 cm³/mol. The minimum Gasteiger partial charge on any atom is -0.333 e. The third-order valence-corrected chi connectivity index (χ3v) is 4.70. The van der Waals surface area contributed by atoms with E-state index in [4.69, 9.17) is 0 Å². The first-order chi connectivity index (χ1) is 10.8. The van der Waals surface area contributed by atoms with Gasteiger partial charge in [0.2, 0.25) is 0 Å². The van der Waals surface area contributed by atoms with Gasteiger partial charge in [-0.1, -0.05) is 6.07 Å². The predicted octanol–water partition coefficient (Wildman–Crippen LogP) is -1.34. The highest BCUT2D eigenvalue weighted by atomic mass is 32.1. The zero-order valence-corrected chi connectivity index (χ0v) is 15.0. The van der Waals surface area contributed by atoms with E-state index in [0.717, 1.165) is 32.7 Å². The summed E-state index contributed by atoms with van der Waals surface area (Å²) in [5.41, 5.74) is -0.339. The summed E-state index contributed by atoms with van der Waals surface area (Å²) < 4.78 is 0. The van der Waals surface area contributed by atoms with Crippen molar-refractivity contribution in [2.45, 2.75) is 32.9 Å². The van der Waals surface area contributed by atoms with Gasteiger partial charge in [0.15, 0.2) is 6.54 Å². The molecule has 1 aromatic rings. The maximum Gasteiger partial charge on any atom is 0.322 e. The van der Waals surface area contributed by atoms with Gasteiger partial charge < -0.3 is 15.1 Å². The molecule has 2 rings (SSSR count). The molecule has 1 fully saturated rings. The van der Waals surface area contributed by atoms with Crippen LogP contribution in [0.5, 0.6) is 0 Å². The maximum atomic E-state index is 11.9. The largest absolute Gasteiger partial charge is 0.333 e. The van der Waals surface area contributed by atoms with Crippen molar-refractivity contribution >= 4 is 23.3 Å². The van der Waals surface area contributed by atoms with Gasteiger partial charge in [0.05, 0.1) is 4.88 Å². The molecule has 23 heavy (non-hydrogen) atoms. The second-order valence-corrected chi connectivity index (χ2v) is 8.22. The minimum absolute atomic E-state index is 0.205. The molecule has 1 aliphatic rings. The molecule has 128 valence electrons. The summed E-state index contributed by atoms with van der Waals surface area (Å²) in [7, 11) is 0. The van der Waals surface area contributed by atoms with E-state index < -0.39 is 6.03 Å². The third-order valence-electron chi connectivity index (χ3n) is 3.82. The molecule has 2 heterocycles. The molecule has 0 aromatic carbocycles. The quantitative estimate of drug-likeness (QED) is 0.548. The molecule has 7 heteroatoms. The highest BCUT2D eigenvalue weighted by Crippen LogP contribution is 2.05. The van der Waals surface area contributed by atoms with Crippen molar-refractivity contribution in [3.8, 4) is 0 Å². The van der Waals surface area contributed by atoms with Crippen LogP contribution in [0.4, 0.5) is 4.79 Å². The van der Waals surface area contributed by atoms with E-state index in [9.17, 15) is 9.59 Å². The lowest BCUT2D eigenvalue weighted by Crippen LogP contribution is -3.28. The molecular weight excluding hydrogens is 312 g/mol. The molecule has 6 nitrogen and oxygen atoms in total. The highest BCUT2D eigenvalue weighted by Gasteiger charge is 2.26. The zero-order chi connectivity index (χ0) is 16.9. The van der Waals surface area contributed by atoms with Gasteiger partial charge >= 0.3 is 6.03 Å². The Kier molecular flexibility index (Phi) is 6.15. The fourth-order valence-corrected chi connectivity index (χ4v) is 3.52. The van der Waals surface area contributed by atoms with Gasteiger partial charge in [-0.05, 0) is 32.2 Å². The Bertz CT molecular complexity index is 517. The van der Waals surface area contributed by atoms with Crippen molar-refractivity contribution in [2.24, 2.45) is 0 Å². The summed E-state index contributed by atoms with van der Waals surface area (Å²) in [6.45, 7) is 11.2. The fourth-order valence-electron chi connectivity index (χ4n) is 2.74. The highest BCUT2D eigenvalue weighted by molar-refractivity contribution is 7.09. The van der Waals surface area contributed by atoms with Gasteiger partial charge in [0.25, 0.3) is 5.91 Å². The van der Waals surface area contributed by atoms with E-state index in [-0.39, 0.29) is 11.4 Å². The number of nitrogens with one attached hydrogen (secondary N) is 4. The van der Waals surface area contributed by atoms with Crippen LogP contribution in [-0.4, -0.2) is 50.2 Å². The molecule has 0 atom stereocenters. The van der Waals surface area contributed by atoms with Crippen LogP contribution in [0.15, 0.2) is 17.5 Å². The van der Waals surface area contributed by atoms with Crippen LogP contribution < -0.4 is 20.4 Å². The van der Waals surface area contributed by atoms with E-state index >= 15 is 0 Å². The average Bonchev–Trinajstić information content (AvgIpc) is 2.91. The first-order valence-corrected chi connectivity index (χ1v) is 9.01. The van der Waals surface area contributed by atoms with Crippen LogP contribution >= 0.6 is 11.3 Å². The first kappa shape index (κ1) is 17.9. The number of piperazine rings is 1. The van der Waals surface area contributed by atoms with Crippen molar-refractivity contribution < 1.29 is 19.4 Å². The second kappa shape index (κ2) is 7.90. The molecule has 3 amide bonds. The van der Waals surface area contributed by atoms with E-state index in [2.05, 4.69) is 28.1 Å². The monoisotopic (exact) mass is 340 g/mol. The van der Waals surface area contributed by atoms with Crippen molar-refractivity contribution in [2.75, 3.05) is 32.7 Å². The van der Waals surface area contributed by atoms with Gasteiger partial charge in [-0.25, -0.2) is 4.79 Å². The van der Waals surface area contributed by atoms with Crippen molar-refractivity contribution in [1.82, 2.24) is 10.6 Å². The minimum atomic E-state index is -0.413. The van der Waals surface area contributed by atoms with Crippen LogP contribution in [0.25, 0.3) is 0 Å². The van der Waals surface area contributed by atoms with Crippen LogP contribution in [0, 0.1) is 0 Å². The normalized spacial score (nSPS) is 21.7. The molecule has 0 bridgehead atoms. The van der Waals surface area contributed by atoms with Crippen molar-refractivity contribution in [3.63, 3.8) is 0 Å². The summed E-state index contributed by atoms with van der Waals surface area (Å²) in [6.07, 6.45) is 0. The van der Waals surface area contributed by atoms with Crippen molar-refractivity contribution in [3.05, 3.63) is 22.4 Å². The molecule has 4 N–H and O–H groups in total. The van der Waals surface area contributed by atoms with Crippen LogP contribution in [0.1, 0.15) is 25.6 Å². The third kappa shape index (κ3) is 6.68. The maximum absolute atomic E-state index is 11.9. The van der Waals surface area contributed by atoms with Gasteiger partial charge in [-0.2, -0.15) is 0 Å². The van der Waals surface area contributed by atoms with Crippen LogP contribution in [0.3, 0.4) is 0 Å². The smallest absolute Gasteiger partial charge is 0.322 e. The molecular formula is C16H28N4O2S+2. The zero-order valence-electron chi connectivity index (χ0n) is 14.2. The standard InChI is InChI=1S/C16H26N4O2S/c1-16(2,3)18-15(22)17-14(21)12-20-8-6-19(7-9-20)11-13-5-4-10-23-13/h4-5,10H,6-9,11-12H2,1-3H3,(H2,17,18,21,22)/p+2. The Morgan fingerprint density at radius 3 is 2.39 bits per heavy atom. The number of imide groups is 1. The number of thiophene rings is 1. The van der Waals surface area contributed by atoms with E-state index in [1.54, 1.807) is 16.2 Å². The van der Waals surface area contributed by atoms with Gasteiger partial charge in [0.1, 0.15) is 32.7 Å². The first-order valence-electron chi connectivity index (χ1n) is 8.13. The number of carbonyl (C=O) groups is 2. The van der Waals surface area contributed by atoms with E-state index in [0.29, 0.717) is 6.54 Å². The number of carbonyl (C=O) groups excluding carboxylic acids is 2. The molecule has 0 spiro atoms. The Morgan fingerprint density at radius 1 is 1.17 bits per heavy atom. The second-order valence-electron chi connectivity index (χ2n) is 7.19. The summed E-state index contributed by atoms with van der Waals surface area (Å²) in [5.74, 6) is -0.205. The number of urea groups is 1. The number of hydrogen-bond acceptors (Lipinski definition) is 3. The molecule has 0 unspecified atom stereocenters. The number of rotatable bonds is 4. The fraction of sp³-hybridized carbons (Fsp3) is 0.625. The van der Waals surface area contributed by atoms with Crippen molar-refractivity contribution in [1.29, 1.82) is 0 Å².